The van der Waals surface area contributed by atoms with Gasteiger partial charge in [-0.15, -0.1) is 0 Å². The number of carbonyl (C=O) groups excluding carboxylic acids is 1. The van der Waals surface area contributed by atoms with E-state index < -0.39 is 18.1 Å². The first-order chi connectivity index (χ1) is 5.43. The van der Waals surface area contributed by atoms with Crippen molar-refractivity contribution in [1.82, 2.24) is 4.90 Å². The molecule has 2 atom stereocenters. The Balaban J connectivity index is 3.68. The summed E-state index contributed by atoms with van der Waals surface area (Å²) >= 11 is 0. The van der Waals surface area contributed by atoms with Crippen molar-refractivity contribution in [2.75, 3.05) is 20.6 Å². The van der Waals surface area contributed by atoms with Gasteiger partial charge in [0.2, 0.25) is 5.91 Å². The molecule has 0 aliphatic rings. The SMILES string of the molecule is CN(C)CC(O)CC(N)C(N)=O. The molecular weight excluding hydrogens is 158 g/mol. The average molecular weight is 175 g/mol. The Labute approximate surface area is 72.3 Å². The molecule has 2 unspecified atom stereocenters. The van der Waals surface area contributed by atoms with Crippen LogP contribution in [-0.4, -0.2) is 48.7 Å². The van der Waals surface area contributed by atoms with Crippen molar-refractivity contribution in [2.24, 2.45) is 11.5 Å². The third-order valence-electron chi connectivity index (χ3n) is 1.47. The minimum Gasteiger partial charge on any atom is -0.392 e. The zero-order valence-corrected chi connectivity index (χ0v) is 7.53. The number of hydrogen-bond donors (Lipinski definition) is 3. The minimum atomic E-state index is -0.750. The van der Waals surface area contributed by atoms with Crippen LogP contribution in [0.4, 0.5) is 0 Å². The van der Waals surface area contributed by atoms with Gasteiger partial charge in [-0.1, -0.05) is 0 Å². The molecule has 0 saturated heterocycles. The maximum Gasteiger partial charge on any atom is 0.234 e. The van der Waals surface area contributed by atoms with Crippen LogP contribution < -0.4 is 11.5 Å². The van der Waals surface area contributed by atoms with Gasteiger partial charge in [-0.2, -0.15) is 0 Å². The monoisotopic (exact) mass is 175 g/mol. The van der Waals surface area contributed by atoms with Crippen LogP contribution in [-0.2, 0) is 4.79 Å². The molecule has 0 rings (SSSR count). The molecule has 0 fully saturated rings. The predicted molar refractivity (Wildman–Crippen MR) is 46.3 cm³/mol. The van der Waals surface area contributed by atoms with Crippen molar-refractivity contribution < 1.29 is 9.90 Å². The number of amides is 1. The van der Waals surface area contributed by atoms with E-state index in [0.717, 1.165) is 0 Å². The molecule has 0 aliphatic carbocycles. The molecule has 0 bridgehead atoms. The number of nitrogens with zero attached hydrogens (tertiary/aromatic N) is 1. The standard InChI is InChI=1S/C7H17N3O2/c1-10(2)4-5(11)3-6(8)7(9)12/h5-6,11H,3-4,8H2,1-2H3,(H2,9,12). The van der Waals surface area contributed by atoms with Gasteiger partial charge in [-0.25, -0.2) is 0 Å². The van der Waals surface area contributed by atoms with Crippen molar-refractivity contribution in [1.29, 1.82) is 0 Å². The molecule has 0 heterocycles. The summed E-state index contributed by atoms with van der Waals surface area (Å²) in [6.45, 7) is 0.487. The zero-order valence-electron chi connectivity index (χ0n) is 7.53. The van der Waals surface area contributed by atoms with Crippen molar-refractivity contribution in [3.8, 4) is 0 Å². The number of carbonyl (C=O) groups is 1. The van der Waals surface area contributed by atoms with Crippen molar-refractivity contribution in [3.05, 3.63) is 0 Å². The zero-order chi connectivity index (χ0) is 9.72. The van der Waals surface area contributed by atoms with Crippen LogP contribution in [0.1, 0.15) is 6.42 Å². The van der Waals surface area contributed by atoms with Gasteiger partial charge in [-0.05, 0) is 20.5 Å². The molecule has 0 aliphatic heterocycles. The third-order valence-corrected chi connectivity index (χ3v) is 1.47. The van der Waals surface area contributed by atoms with Crippen LogP contribution in [0.3, 0.4) is 0 Å². The summed E-state index contributed by atoms with van der Waals surface area (Å²) in [5.41, 5.74) is 10.3. The van der Waals surface area contributed by atoms with Gasteiger partial charge in [0.1, 0.15) is 0 Å². The highest BCUT2D eigenvalue weighted by Crippen LogP contribution is 1.96. The fourth-order valence-electron chi connectivity index (χ4n) is 0.905. The second-order valence-corrected chi connectivity index (χ2v) is 3.16. The smallest absolute Gasteiger partial charge is 0.234 e. The largest absolute Gasteiger partial charge is 0.392 e. The molecule has 5 nitrogen and oxygen atoms in total. The molecule has 1 amide bonds. The number of nitrogens with two attached hydrogens (primary N) is 2. The first-order valence-electron chi connectivity index (χ1n) is 3.81. The molecule has 0 aromatic carbocycles. The van der Waals surface area contributed by atoms with E-state index in [1.165, 1.54) is 0 Å². The lowest BCUT2D eigenvalue weighted by atomic mass is 10.1. The fourth-order valence-corrected chi connectivity index (χ4v) is 0.905. The summed E-state index contributed by atoms with van der Waals surface area (Å²) < 4.78 is 0. The topological polar surface area (TPSA) is 92.6 Å². The number of aliphatic hydroxyl groups is 1. The Morgan fingerprint density at radius 3 is 2.42 bits per heavy atom. The van der Waals surface area contributed by atoms with E-state index in [1.54, 1.807) is 0 Å². The van der Waals surface area contributed by atoms with Gasteiger partial charge in [0.05, 0.1) is 12.1 Å². The molecule has 0 saturated carbocycles. The quantitative estimate of drug-likeness (QED) is 0.455. The second-order valence-electron chi connectivity index (χ2n) is 3.16. The fraction of sp³-hybridized carbons (Fsp3) is 0.857. The first-order valence-corrected chi connectivity index (χ1v) is 3.81. The summed E-state index contributed by atoms with van der Waals surface area (Å²) in [4.78, 5) is 12.3. The van der Waals surface area contributed by atoms with Crippen LogP contribution in [0.5, 0.6) is 0 Å². The van der Waals surface area contributed by atoms with Crippen molar-refractivity contribution >= 4 is 5.91 Å². The molecular formula is C7H17N3O2. The second kappa shape index (κ2) is 5.08. The maximum absolute atomic E-state index is 10.5. The van der Waals surface area contributed by atoms with Crippen LogP contribution >= 0.6 is 0 Å². The number of aliphatic hydroxyl groups excluding tert-OH is 1. The van der Waals surface area contributed by atoms with Gasteiger partial charge in [0, 0.05) is 6.54 Å². The lowest BCUT2D eigenvalue weighted by Crippen LogP contribution is -2.41. The average Bonchev–Trinajstić information content (AvgIpc) is 1.84. The van der Waals surface area contributed by atoms with E-state index in [9.17, 15) is 9.90 Å². The highest BCUT2D eigenvalue weighted by molar-refractivity contribution is 5.79. The molecule has 0 radical (unpaired) electrons. The van der Waals surface area contributed by atoms with Gasteiger partial charge in [-0.3, -0.25) is 4.79 Å². The Hall–Kier alpha value is -0.650. The first kappa shape index (κ1) is 11.4. The van der Waals surface area contributed by atoms with E-state index in [-0.39, 0.29) is 6.42 Å². The Kier molecular flexibility index (Phi) is 4.80. The third kappa shape index (κ3) is 5.06. The van der Waals surface area contributed by atoms with Gasteiger partial charge >= 0.3 is 0 Å². The van der Waals surface area contributed by atoms with Crippen LogP contribution in [0.15, 0.2) is 0 Å². The summed E-state index contributed by atoms with van der Waals surface area (Å²) in [6, 6.07) is -0.750. The van der Waals surface area contributed by atoms with Crippen molar-refractivity contribution in [3.63, 3.8) is 0 Å². The summed E-state index contributed by atoms with van der Waals surface area (Å²) in [6.07, 6.45) is -0.379. The molecule has 5 heteroatoms. The van der Waals surface area contributed by atoms with Gasteiger partial charge < -0.3 is 21.5 Å². The molecule has 5 N–H and O–H groups in total. The Morgan fingerprint density at radius 2 is 2.08 bits per heavy atom. The number of hydrogen-bond acceptors (Lipinski definition) is 4. The van der Waals surface area contributed by atoms with E-state index >= 15 is 0 Å². The number of rotatable bonds is 5. The van der Waals surface area contributed by atoms with E-state index in [1.807, 2.05) is 19.0 Å². The minimum absolute atomic E-state index is 0.216. The van der Waals surface area contributed by atoms with Gasteiger partial charge in [0.15, 0.2) is 0 Å². The van der Waals surface area contributed by atoms with Crippen LogP contribution in [0, 0.1) is 0 Å². The van der Waals surface area contributed by atoms with Gasteiger partial charge in [0.25, 0.3) is 0 Å². The predicted octanol–water partition coefficient (Wildman–Crippen LogP) is -1.89. The molecule has 0 spiro atoms. The molecule has 0 aromatic heterocycles. The normalized spacial score (nSPS) is 16.1. The van der Waals surface area contributed by atoms with E-state index in [0.29, 0.717) is 6.54 Å². The summed E-state index contributed by atoms with van der Waals surface area (Å²) in [5, 5.41) is 9.31. The Morgan fingerprint density at radius 1 is 1.58 bits per heavy atom. The Bertz CT molecular complexity index is 150. The molecule has 72 valence electrons. The number of likely N-dealkylation sites (N-methyl/N-ethyl adjacent to an activating group) is 1. The van der Waals surface area contributed by atoms with Crippen LogP contribution in [0.2, 0.25) is 0 Å². The summed E-state index contributed by atoms with van der Waals surface area (Å²) in [7, 11) is 3.66. The molecule has 0 aromatic rings. The van der Waals surface area contributed by atoms with Crippen molar-refractivity contribution in [2.45, 2.75) is 18.6 Å². The van der Waals surface area contributed by atoms with E-state index in [2.05, 4.69) is 0 Å². The molecule has 12 heavy (non-hydrogen) atoms. The highest BCUT2D eigenvalue weighted by atomic mass is 16.3. The lowest BCUT2D eigenvalue weighted by Gasteiger charge is -2.17. The highest BCUT2D eigenvalue weighted by Gasteiger charge is 2.15. The summed E-state index contributed by atoms with van der Waals surface area (Å²) in [5.74, 6) is -0.576. The van der Waals surface area contributed by atoms with E-state index in [4.69, 9.17) is 11.5 Å². The number of primary amides is 1. The maximum atomic E-state index is 10.5. The lowest BCUT2D eigenvalue weighted by molar-refractivity contribution is -0.120. The van der Waals surface area contributed by atoms with Crippen LogP contribution in [0.25, 0.3) is 0 Å².